The zero-order valence-corrected chi connectivity index (χ0v) is 104. The van der Waals surface area contributed by atoms with E-state index in [1.807, 2.05) is 97.1 Å². The number of hydrogen-bond acceptors (Lipinski definition) is 12. The second-order valence-electron chi connectivity index (χ2n) is 29.2. The van der Waals surface area contributed by atoms with Crippen LogP contribution in [0.4, 0.5) is 11.4 Å². The van der Waals surface area contributed by atoms with Crippen molar-refractivity contribution in [1.82, 2.24) is 9.97 Å². The molecule has 0 spiro atoms. The molecule has 48 heteroatoms. The number of halogens is 7. The Bertz CT molecular complexity index is 7450. The van der Waals surface area contributed by atoms with Crippen molar-refractivity contribution < 1.29 is 27.3 Å². The Kier molecular flexibility index (Phi) is 39.5. The van der Waals surface area contributed by atoms with E-state index in [0.717, 1.165) is 202 Å². The first-order valence-corrected chi connectivity index (χ1v) is 88.1. The van der Waals surface area contributed by atoms with Crippen molar-refractivity contribution in [1.29, 1.82) is 0 Å². The molecule has 134 heavy (non-hydrogen) atoms. The van der Waals surface area contributed by atoms with Crippen LogP contribution < -0.4 is 11.5 Å². The van der Waals surface area contributed by atoms with E-state index in [4.69, 9.17) is 97.1 Å². The first kappa shape index (κ1) is 109. The van der Waals surface area contributed by atoms with E-state index in [1.54, 1.807) is 46.9 Å². The first-order chi connectivity index (χ1) is 63.7. The van der Waals surface area contributed by atoms with Gasteiger partial charge in [-0.25, -0.2) is 9.97 Å². The van der Waals surface area contributed by atoms with Gasteiger partial charge in [-0.15, -0.1) is 139 Å². The molecule has 7 heterocycles. The summed E-state index contributed by atoms with van der Waals surface area (Å²) in [4.78, 5) is 39.0. The number of nitrogens with two attached hydrogens (primary N) is 2. The van der Waals surface area contributed by atoms with Gasteiger partial charge < -0.3 is 29.1 Å². The number of thiophene rings is 2. The van der Waals surface area contributed by atoms with Crippen LogP contribution >= 0.6 is 314 Å². The number of fused-ring (bicyclic) bond motifs is 22. The normalized spacial score (nSPS) is 12.6. The maximum Gasteiger partial charge on any atom is 0.234 e. The summed E-state index contributed by atoms with van der Waals surface area (Å²) in [6, 6.07) is 81.1. The minimum atomic E-state index is -0.750. The SMILES string of the molecule is Brc1ccc2c(c1)c1cc(Br)ccc1c1nc3c(-c4cccc5c4oc4ccccc45)sc(-c4cccc5c4oc4ccccc45)c3nc21.C.ClC(Cl)Cl.Nc1c(-c2cccc3c2oc2ccccc23)sc(-c2cccc3c2oc2ccccc23)c1N.O=C1C(=O)c2ccc(Br)cc2-c2cc(Br)ccc21.PP(P)P(P)P(P(P)P)P(P(P(P)P)P(P)P)P(P(P)P)P(P)P.[B][B]B([B])[B]. The van der Waals surface area contributed by atoms with Crippen LogP contribution in [0, 0.1) is 0 Å². The number of carbonyl (C=O) groups is 2. The highest BCUT2D eigenvalue weighted by molar-refractivity contribution is 9.40. The van der Waals surface area contributed by atoms with Crippen LogP contribution in [0.3, 0.4) is 0 Å². The lowest BCUT2D eigenvalue weighted by Crippen LogP contribution is -2.23. The number of anilines is 2. The quantitative estimate of drug-likeness (QED) is 0.0332. The van der Waals surface area contributed by atoms with Gasteiger partial charge in [0.25, 0.3) is 0 Å². The van der Waals surface area contributed by atoms with E-state index in [2.05, 4.69) is 301 Å². The van der Waals surface area contributed by atoms with Gasteiger partial charge in [0.15, 0.2) is 4.30 Å². The van der Waals surface area contributed by atoms with Crippen molar-refractivity contribution in [3.63, 3.8) is 0 Å². The van der Waals surface area contributed by atoms with Crippen LogP contribution in [-0.2, 0) is 0 Å². The molecular weight excluding hydrogens is 2470 g/mol. The smallest absolute Gasteiger partial charge is 0.234 e. The Balaban J connectivity index is 0.000000140. The topological polar surface area (TPSA) is 165 Å². The van der Waals surface area contributed by atoms with Crippen LogP contribution in [-0.4, -0.2) is 62.5 Å². The molecule has 0 bridgehead atoms. The summed E-state index contributed by atoms with van der Waals surface area (Å²) in [6.07, 6.45) is -0.463. The third-order valence-electron chi connectivity index (χ3n) is 21.0. The summed E-state index contributed by atoms with van der Waals surface area (Å²) < 4.78 is 28.7. The Morgan fingerprint density at radius 1 is 0.328 bits per heavy atom. The van der Waals surface area contributed by atoms with Gasteiger partial charge in [0, 0.05) is 142 Å². The Morgan fingerprint density at radius 2 is 0.597 bits per heavy atom. The Hall–Kier alpha value is 0.955. The molecule has 20 aromatic rings. The fourth-order valence-corrected chi connectivity index (χ4v) is 309. The average Bonchev–Trinajstić information content (AvgIpc) is 1.55. The van der Waals surface area contributed by atoms with Gasteiger partial charge in [-0.3, -0.25) is 9.59 Å². The standard InChI is InChI=1S/C42H20Br2N2O2S.C28H18N2O2S.C14H6Br2O2.CHCl3.CH4.B5.H26P24/c43-21-15-17-25-31(19-21)32-20-22(44)16-18-26(32)36-35(25)45-37-38(46-36)42(30-12-6-10-28-24-8-2-4-14-34(24)48-40(28)30)49-41(37)29-11-5-9-27-23-7-1-3-13-33(23)47-39(27)29;29-23-24(30)28(20-12-6-10-18-16-8-2-4-14-22(16)32-26(18)20)33-27(23)19-11-5-9-17-15-7-1-3-13-21(15)31-25(17)19;15-7-1-3-9-11(5-7)12-6-8(16)2-4-10(12)14(18)13(9)17;2-1(3)4;;1-4-5(2)3;1-14(2)20(13)23(19(11)12)24(21(15(3)4)16(5)6)22(17(7)8)18(9)10/h1-20H;1-14H,29-30H2;1-6H;1H;1H4;;1-13H2. The molecular formula is C86H75B5Br4Cl3N4O6P24S2. The van der Waals surface area contributed by atoms with E-state index in [1.165, 1.54) is 7.06 Å². The largest absolute Gasteiger partial charge is 0.455 e. The van der Waals surface area contributed by atoms with Gasteiger partial charge >= 0.3 is 0 Å². The molecule has 0 fully saturated rings. The van der Waals surface area contributed by atoms with E-state index in [9.17, 15) is 9.59 Å². The van der Waals surface area contributed by atoms with Crippen LogP contribution in [0.25, 0.3) is 184 Å². The lowest BCUT2D eigenvalue weighted by atomic mass is 8.97. The van der Waals surface area contributed by atoms with Gasteiger partial charge in [0.05, 0.1) is 41.9 Å². The van der Waals surface area contributed by atoms with E-state index >= 15 is 0 Å². The molecule has 15 atom stereocenters. The van der Waals surface area contributed by atoms with Crippen molar-refractivity contribution >= 4 is 505 Å². The molecule has 7 radical (unpaired) electrons. The average molecular weight is 2550 g/mol. The Morgan fingerprint density at radius 3 is 0.888 bits per heavy atom. The van der Waals surface area contributed by atoms with Crippen LogP contribution in [0.5, 0.6) is 0 Å². The number of carbonyl (C=O) groups excluding carboxylic acids is 2. The predicted molar refractivity (Wildman–Crippen MR) is 684 cm³/mol. The van der Waals surface area contributed by atoms with Gasteiger partial charge in [-0.1, -0.05) is 239 Å². The third-order valence-corrected chi connectivity index (χ3v) is 180. The van der Waals surface area contributed by atoms with E-state index in [0.29, 0.717) is 22.5 Å². The predicted octanol–water partition coefficient (Wildman–Crippen LogP) is 40.5. The highest BCUT2D eigenvalue weighted by Crippen LogP contribution is 3.34. The second-order valence-corrected chi connectivity index (χ2v) is 132. The number of alkyl halides is 3. The number of furan rings is 4. The molecule has 0 saturated carbocycles. The summed E-state index contributed by atoms with van der Waals surface area (Å²) in [7, 11) is 57.6. The van der Waals surface area contributed by atoms with Crippen molar-refractivity contribution in [3.05, 3.63) is 272 Å². The summed E-state index contributed by atoms with van der Waals surface area (Å²) in [5, 5.41) is 13.0. The molecule has 0 amide bonds. The maximum atomic E-state index is 12.0. The van der Waals surface area contributed by atoms with Crippen molar-refractivity contribution in [3.8, 4) is 52.9 Å². The number of benzene rings is 13. The number of nitrogen functional groups attached to an aromatic ring is 2. The van der Waals surface area contributed by atoms with Gasteiger partial charge in [-0.05, 0) is 208 Å². The fraction of sp³-hybridized carbons (Fsp3) is 0.0233. The van der Waals surface area contributed by atoms with Crippen molar-refractivity contribution in [2.24, 2.45) is 0 Å². The number of para-hydroxylation sites is 8. The highest BCUT2D eigenvalue weighted by Gasteiger charge is 2.46. The summed E-state index contributed by atoms with van der Waals surface area (Å²) in [5.74, 6) is -0.875. The minimum Gasteiger partial charge on any atom is -0.455 e. The number of hydrogen-bond donors (Lipinski definition) is 2. The van der Waals surface area contributed by atoms with Crippen molar-refractivity contribution in [2.75, 3.05) is 11.5 Å². The lowest BCUT2D eigenvalue weighted by Gasteiger charge is -2.48. The van der Waals surface area contributed by atoms with E-state index in [-0.39, 0.29) is 84.3 Å². The number of nitrogens with zero attached hydrogens (tertiary/aromatic N) is 2. The second kappa shape index (κ2) is 48.5. The van der Waals surface area contributed by atoms with Gasteiger partial charge in [0.1, 0.15) is 55.7 Å². The third kappa shape index (κ3) is 23.3. The summed E-state index contributed by atoms with van der Waals surface area (Å²) in [5.41, 5.74) is 30.9. The highest BCUT2D eigenvalue weighted by atomic mass is 79.9. The van der Waals surface area contributed by atoms with Gasteiger partial charge in [0.2, 0.25) is 11.6 Å². The molecule has 7 aromatic heterocycles. The first-order valence-electron chi connectivity index (χ1n) is 39.2. The number of ketones is 2. The molecule has 13 aromatic carbocycles. The zero-order valence-electron chi connectivity index (χ0n) is 68.9. The molecule has 0 aliphatic heterocycles. The molecule has 15 unspecified atom stereocenters. The molecule has 4 N–H and O–H groups in total. The summed E-state index contributed by atoms with van der Waals surface area (Å²) >= 11 is 31.9. The fourth-order valence-electron chi connectivity index (χ4n) is 15.5. The Labute approximate surface area is 879 Å². The van der Waals surface area contributed by atoms with Crippen LogP contribution in [0.1, 0.15) is 28.1 Å². The molecule has 1 aliphatic rings. The van der Waals surface area contributed by atoms with Crippen LogP contribution in [0.15, 0.2) is 278 Å². The van der Waals surface area contributed by atoms with Gasteiger partial charge in [-0.2, -0.15) is 0 Å². The number of aromatic nitrogens is 2. The van der Waals surface area contributed by atoms with Crippen LogP contribution in [0.2, 0.25) is 0 Å². The number of rotatable bonds is 15. The molecule has 671 valence electrons. The number of Topliss-reactive ketones (excluding diaryl/α,β-unsaturated/α-hetero) is 2. The minimum absolute atomic E-state index is 0. The monoisotopic (exact) mass is 2540 g/mol. The molecule has 10 nitrogen and oxygen atoms in total. The maximum absolute atomic E-state index is 12.0. The van der Waals surface area contributed by atoms with Crippen molar-refractivity contribution in [2.45, 2.75) is 11.7 Å². The summed E-state index contributed by atoms with van der Waals surface area (Å²) in [6.45, 7) is 0.374. The van der Waals surface area contributed by atoms with E-state index < -0.39 is 22.2 Å². The lowest BCUT2D eigenvalue weighted by molar-refractivity contribution is 0.0815. The molecule has 21 rings (SSSR count). The zero-order chi connectivity index (χ0) is 94.6. The molecule has 1 aliphatic carbocycles. The molecule has 0 saturated heterocycles.